The Balaban J connectivity index is -0.000000206. The smallest absolute Gasteiger partial charge is 0.577 e. The van der Waals surface area contributed by atoms with Crippen molar-refractivity contribution in [2.75, 3.05) is 5.75 Å². The van der Waals surface area contributed by atoms with Crippen molar-refractivity contribution in [1.82, 2.24) is 20.7 Å². The van der Waals surface area contributed by atoms with E-state index in [0.29, 0.717) is 5.56 Å². The SMILES string of the molecule is CC(=O)N[C@@H](CS)C(=O)O.CC(C)C[C@H](NP(=O)(O)O[C@@H]1O[C@@H](C)[C@H](O)[C@@H](O)[C@H]1O)C(=O)N[C@@H](Cc1c[nH]c2ccccc12)C(=O)O.[C-]#N.[C-]#N.[C-]#N.[C-]#N.[C-]#N.[Fe+6].[N-]=O.[Na]. The number of aromatic amines is 1. The zero-order chi connectivity index (χ0) is 47.6. The van der Waals surface area contributed by atoms with Gasteiger partial charge in [-0.15, -0.1) is 0 Å². The summed E-state index contributed by atoms with van der Waals surface area (Å²) in [4.78, 5) is 66.3. The van der Waals surface area contributed by atoms with Gasteiger partial charge in [-0.3, -0.25) is 14.1 Å². The second kappa shape index (κ2) is 40.9. The van der Waals surface area contributed by atoms with Gasteiger partial charge < -0.3 is 120 Å². The quantitative estimate of drug-likeness (QED) is 0.0520. The summed E-state index contributed by atoms with van der Waals surface area (Å²) in [6, 6.07) is 3.75. The molecular weight excluding hydrogens is 902 g/mol. The molecule has 1 aliphatic heterocycles. The molecule has 1 aliphatic rings. The van der Waals surface area contributed by atoms with E-state index >= 15 is 0 Å². The third kappa shape index (κ3) is 27.9. The van der Waals surface area contributed by atoms with Crippen molar-refractivity contribution in [3.8, 4) is 0 Å². The fourth-order valence-electron chi connectivity index (χ4n) is 4.58. The minimum Gasteiger partial charge on any atom is -0.577 e. The molecule has 1 saturated heterocycles. The van der Waals surface area contributed by atoms with Crippen molar-refractivity contribution in [2.24, 2.45) is 5.92 Å². The van der Waals surface area contributed by atoms with E-state index in [9.17, 15) is 49.1 Å². The predicted molar refractivity (Wildman–Crippen MR) is 208 cm³/mol. The third-order valence-corrected chi connectivity index (χ3v) is 8.47. The number of carbonyl (C=O) groups is 4. The monoisotopic (exact) mass is 945 g/mol. The number of hydrogen-bond donors (Lipinski definition) is 11. The maximum atomic E-state index is 13.1. The van der Waals surface area contributed by atoms with E-state index in [1.54, 1.807) is 20.0 Å². The van der Waals surface area contributed by atoms with Gasteiger partial charge in [-0.25, -0.2) is 19.2 Å². The van der Waals surface area contributed by atoms with Crippen molar-refractivity contribution < 1.29 is 80.5 Å². The van der Waals surface area contributed by atoms with E-state index in [-0.39, 0.29) is 77.0 Å². The number of aliphatic hydroxyl groups is 3. The zero-order valence-electron chi connectivity index (χ0n) is 33.1. The van der Waals surface area contributed by atoms with E-state index < -0.39 is 74.4 Å². The second-order valence-electron chi connectivity index (χ2n) is 11.4. The molecule has 2 amide bonds. The van der Waals surface area contributed by atoms with Crippen molar-refractivity contribution in [3.63, 3.8) is 0 Å². The Morgan fingerprint density at radius 3 is 1.77 bits per heavy atom. The normalized spacial score (nSPS) is 18.9. The van der Waals surface area contributed by atoms with Gasteiger partial charge in [0.25, 0.3) is 0 Å². The Labute approximate surface area is 390 Å². The summed E-state index contributed by atoms with van der Waals surface area (Å²) in [5, 5.41) is 86.8. The van der Waals surface area contributed by atoms with E-state index in [1.165, 1.54) is 13.8 Å². The van der Waals surface area contributed by atoms with Crippen LogP contribution in [0.2, 0.25) is 0 Å². The number of nitrogens with one attached hydrogen (secondary N) is 4. The van der Waals surface area contributed by atoms with Gasteiger partial charge in [0.1, 0.15) is 30.4 Å². The number of carbonyl (C=O) groups excluding carboxylic acids is 2. The molecule has 2 aromatic rings. The van der Waals surface area contributed by atoms with Crippen LogP contribution >= 0.6 is 20.4 Å². The maximum Gasteiger partial charge on any atom is 6.00 e. The average molecular weight is 946 g/mol. The van der Waals surface area contributed by atoms with Gasteiger partial charge in [0.2, 0.25) is 11.8 Å². The molecule has 329 valence electrons. The minimum absolute atomic E-state index is 0. The summed E-state index contributed by atoms with van der Waals surface area (Å²) in [7, 11) is -4.83. The molecule has 0 spiro atoms. The van der Waals surface area contributed by atoms with Crippen LogP contribution in [0.3, 0.4) is 0 Å². The first-order chi connectivity index (χ1) is 27.9. The fourth-order valence-corrected chi connectivity index (χ4v) is 5.96. The predicted octanol–water partition coefficient (Wildman–Crippen LogP) is 0.155. The minimum atomic E-state index is -4.83. The molecule has 1 radical (unpaired) electrons. The largest absolute Gasteiger partial charge is 6.00 e. The first-order valence-electron chi connectivity index (χ1n) is 15.8. The molecule has 61 heavy (non-hydrogen) atoms. The number of thiol groups is 1. The Hall–Kier alpha value is -4.49. The van der Waals surface area contributed by atoms with Crippen LogP contribution in [0.15, 0.2) is 30.5 Å². The number of H-pyrrole nitrogens is 1. The maximum absolute atomic E-state index is 13.1. The number of nitroso groups, excluding NO2 is 1. The number of hydrogen-bond acceptors (Lipinski definition) is 17. The number of carboxylic acid groups (broad SMARTS) is 2. The molecule has 0 saturated carbocycles. The second-order valence-corrected chi connectivity index (χ2v) is 13.2. The van der Waals surface area contributed by atoms with Gasteiger partial charge in [-0.1, -0.05) is 32.0 Å². The summed E-state index contributed by atoms with van der Waals surface area (Å²) in [6.07, 6.45) is -6.08. The van der Waals surface area contributed by atoms with E-state index in [2.05, 4.69) is 33.3 Å². The van der Waals surface area contributed by atoms with Crippen LogP contribution in [-0.2, 0) is 56.5 Å². The number of nitrogens with zero attached hydrogens (tertiary/aromatic N) is 6. The molecule has 0 aliphatic carbocycles. The Bertz CT molecular complexity index is 1670. The van der Waals surface area contributed by atoms with Crippen LogP contribution < -0.4 is 15.7 Å². The number of carboxylic acids is 2. The average Bonchev–Trinajstić information content (AvgIpc) is 3.64. The Morgan fingerprint density at radius 1 is 0.885 bits per heavy atom. The van der Waals surface area contributed by atoms with Gasteiger partial charge in [-0.05, 0) is 30.9 Å². The van der Waals surface area contributed by atoms with Crippen LogP contribution in [0.1, 0.15) is 39.7 Å². The fraction of sp³-hybridized carbons (Fsp3) is 0.485. The van der Waals surface area contributed by atoms with Crippen LogP contribution in [0.4, 0.5) is 0 Å². The number of amides is 2. The standard InChI is InChI=1S/C23H34N3O10P.C5H9NO3S.5CN.Fe.NO.Na/c1-11(2)8-16(26-37(33,34)36-23-20(29)19(28)18(27)12(3)35-23)21(30)25-17(22(31)32)9-13-10-24-15-7-5-4-6-14(13)15;1-3(7)6-4(2-10)5(8)9;5*1-2;;1-2;/h4-7,10-12,16-20,23-24,27-29H,8-9H2,1-3H3,(H,25,30)(H,31,32)(H2,26,33,34);4,10H,2H2,1H3,(H,6,7)(H,8,9);;;;;;;;/q;;5*-1;+6;-1;/t12-,16-,17-,18-,19+,20+,23-;4-;;;;;;;;/m00......../s1. The summed E-state index contributed by atoms with van der Waals surface area (Å²) in [6.45, 7) is 29.9. The number of para-hydroxylation sites is 1. The van der Waals surface area contributed by atoms with E-state index in [1.807, 2.05) is 24.3 Å². The summed E-state index contributed by atoms with van der Waals surface area (Å²) >= 11 is 3.73. The molecule has 9 atom stereocenters. The van der Waals surface area contributed by atoms with Crippen LogP contribution in [0.25, 0.3) is 16.5 Å². The molecular formula is C33H43FeN10NaO14PS. The van der Waals surface area contributed by atoms with E-state index in [0.717, 1.165) is 10.9 Å². The molecule has 24 nitrogen and oxygen atoms in total. The topological polar surface area (TPSA) is 435 Å². The van der Waals surface area contributed by atoms with Crippen molar-refractivity contribution in [3.05, 3.63) is 79.4 Å². The number of aromatic nitrogens is 1. The molecule has 3 rings (SSSR count). The van der Waals surface area contributed by atoms with Crippen LogP contribution in [0, 0.1) is 70.0 Å². The van der Waals surface area contributed by atoms with Crippen LogP contribution in [-0.4, -0.2) is 143 Å². The first-order valence-corrected chi connectivity index (χ1v) is 18.0. The van der Waals surface area contributed by atoms with Gasteiger partial charge in [0, 0.05) is 65.8 Å². The van der Waals surface area contributed by atoms with Crippen molar-refractivity contribution >= 4 is 84.6 Å². The number of rotatable bonds is 14. The molecule has 2 heterocycles. The summed E-state index contributed by atoms with van der Waals surface area (Å²) in [5.41, 5.74) is 7.23. The molecule has 10 N–H and O–H groups in total. The van der Waals surface area contributed by atoms with Gasteiger partial charge in [0.15, 0.2) is 6.29 Å². The zero-order valence-corrected chi connectivity index (χ0v) is 38.0. The van der Waals surface area contributed by atoms with Crippen LogP contribution in [0.5, 0.6) is 0 Å². The molecule has 1 aromatic carbocycles. The van der Waals surface area contributed by atoms with E-state index in [4.69, 9.17) is 84.0 Å². The van der Waals surface area contributed by atoms with Crippen molar-refractivity contribution in [2.45, 2.75) is 89.4 Å². The van der Waals surface area contributed by atoms with Gasteiger partial charge in [-0.2, -0.15) is 12.6 Å². The number of aliphatic carboxylic acids is 2. The molecule has 1 aromatic heterocycles. The number of fused-ring (bicyclic) bond motifs is 1. The summed E-state index contributed by atoms with van der Waals surface area (Å²) in [5.74, 6) is -3.59. The number of benzene rings is 1. The molecule has 0 bridgehead atoms. The van der Waals surface area contributed by atoms with Gasteiger partial charge in [0.05, 0.1) is 12.1 Å². The molecule has 1 unspecified atom stereocenters. The third-order valence-electron chi connectivity index (χ3n) is 6.97. The van der Waals surface area contributed by atoms with Gasteiger partial charge >= 0.3 is 36.8 Å². The van der Waals surface area contributed by atoms with Crippen molar-refractivity contribution in [1.29, 1.82) is 26.3 Å². The number of aliphatic hydroxyl groups excluding tert-OH is 3. The molecule has 1 fully saturated rings. The first kappa shape index (κ1) is 71.0. The number of ether oxygens (including phenoxy) is 1. The Kier molecular flexibility index (Phi) is 47.6. The summed E-state index contributed by atoms with van der Waals surface area (Å²) < 4.78 is 23.0. The Morgan fingerprint density at radius 2 is 1.36 bits per heavy atom. The molecule has 28 heteroatoms.